The number of fused-ring (bicyclic) bond motifs is 1. The molecule has 0 unspecified atom stereocenters. The largest absolute Gasteiger partial charge is 0.420 e. The average molecular weight is 457 g/mol. The van der Waals surface area contributed by atoms with Gasteiger partial charge in [-0.05, 0) is 38.3 Å². The highest BCUT2D eigenvalue weighted by atomic mass is 19.4. The van der Waals surface area contributed by atoms with Gasteiger partial charge in [-0.1, -0.05) is 0 Å². The van der Waals surface area contributed by atoms with Crippen LogP contribution in [0.5, 0.6) is 0 Å². The molecule has 1 fully saturated rings. The van der Waals surface area contributed by atoms with E-state index in [9.17, 15) is 18.0 Å². The molecule has 1 aliphatic carbocycles. The number of aryl methyl sites for hydroxylation is 2. The minimum Gasteiger partial charge on any atom is -0.373 e. The fourth-order valence-corrected chi connectivity index (χ4v) is 4.06. The number of halogens is 3. The summed E-state index contributed by atoms with van der Waals surface area (Å²) in [5, 5.41) is 0. The highest BCUT2D eigenvalue weighted by molar-refractivity contribution is 5.87. The summed E-state index contributed by atoms with van der Waals surface area (Å²) in [7, 11) is 0. The van der Waals surface area contributed by atoms with E-state index in [1.54, 1.807) is 19.2 Å². The minimum atomic E-state index is -4.40. The molecule has 0 aromatic carbocycles. The zero-order valence-electron chi connectivity index (χ0n) is 18.0. The van der Waals surface area contributed by atoms with Crippen LogP contribution in [0.4, 0.5) is 13.2 Å². The lowest BCUT2D eigenvalue weighted by atomic mass is 9.90. The lowest BCUT2D eigenvalue weighted by Crippen LogP contribution is -2.22. The molecule has 3 aromatic heterocycles. The number of hydrogen-bond donors (Lipinski definition) is 1. The molecule has 2 aliphatic rings. The number of hydrogen-bond acceptors (Lipinski definition) is 6. The summed E-state index contributed by atoms with van der Waals surface area (Å²) in [5.41, 5.74) is 5.19. The molecule has 0 bridgehead atoms. The van der Waals surface area contributed by atoms with Crippen molar-refractivity contribution in [1.82, 2.24) is 24.9 Å². The Hall–Kier alpha value is -3.36. The van der Waals surface area contributed by atoms with E-state index < -0.39 is 11.7 Å². The summed E-state index contributed by atoms with van der Waals surface area (Å²) in [6, 6.07) is 3.17. The second-order valence-electron chi connectivity index (χ2n) is 8.32. The number of aromatic amines is 1. The summed E-state index contributed by atoms with van der Waals surface area (Å²) in [4.78, 5) is 32.4. The summed E-state index contributed by atoms with van der Waals surface area (Å²) < 4.78 is 44.9. The summed E-state index contributed by atoms with van der Waals surface area (Å²) >= 11 is 0. The number of allylic oxidation sites excluding steroid dienone is 1. The monoisotopic (exact) mass is 457 g/mol. The van der Waals surface area contributed by atoms with E-state index >= 15 is 0 Å². The number of aromatic nitrogens is 5. The van der Waals surface area contributed by atoms with Crippen LogP contribution in [0.25, 0.3) is 16.7 Å². The number of nitrogens with zero attached hydrogens (tertiary/aromatic N) is 4. The molecule has 2 atom stereocenters. The van der Waals surface area contributed by atoms with Crippen LogP contribution in [0.3, 0.4) is 0 Å². The molecule has 0 spiro atoms. The Morgan fingerprint density at radius 3 is 2.61 bits per heavy atom. The highest BCUT2D eigenvalue weighted by Gasteiger charge is 2.39. The van der Waals surface area contributed by atoms with Gasteiger partial charge in [-0.15, -0.1) is 5.73 Å². The van der Waals surface area contributed by atoms with E-state index in [4.69, 9.17) is 4.74 Å². The Kier molecular flexibility index (Phi) is 5.14. The van der Waals surface area contributed by atoms with E-state index in [0.717, 1.165) is 5.56 Å². The van der Waals surface area contributed by atoms with Gasteiger partial charge in [0, 0.05) is 38.2 Å². The maximum absolute atomic E-state index is 13.0. The van der Waals surface area contributed by atoms with Crippen molar-refractivity contribution in [2.75, 3.05) is 6.61 Å². The summed E-state index contributed by atoms with van der Waals surface area (Å²) in [6.07, 6.45) is -2.07. The molecule has 1 N–H and O–H groups in total. The first-order valence-electron chi connectivity index (χ1n) is 10.6. The van der Waals surface area contributed by atoms with E-state index in [-0.39, 0.29) is 25.4 Å². The van der Waals surface area contributed by atoms with Crippen LogP contribution in [0.1, 0.15) is 61.2 Å². The number of nitrogens with one attached hydrogen (secondary N) is 1. The van der Waals surface area contributed by atoms with Gasteiger partial charge in [0.25, 0.3) is 0 Å². The third kappa shape index (κ3) is 4.07. The van der Waals surface area contributed by atoms with Crippen molar-refractivity contribution in [3.8, 4) is 0 Å². The number of H-pyrrole nitrogens is 1. The van der Waals surface area contributed by atoms with Crippen LogP contribution >= 0.6 is 0 Å². The summed E-state index contributed by atoms with van der Waals surface area (Å²) in [5.74, 6) is 0.413. The van der Waals surface area contributed by atoms with Gasteiger partial charge in [0.2, 0.25) is 5.56 Å². The number of alkyl halides is 3. The average Bonchev–Trinajstić information content (AvgIpc) is 2.73. The second kappa shape index (κ2) is 7.90. The quantitative estimate of drug-likeness (QED) is 0.583. The van der Waals surface area contributed by atoms with Gasteiger partial charge in [-0.2, -0.15) is 13.2 Å². The molecule has 0 amide bonds. The SMILES string of the molecule is Cc1nc2nc([C@H]3CCO[C@@H](c4ccc(=O)[nH]c4)C3)nc(C3=C=C(C(F)(F)F)C3)c2nc1C.[HH]. The van der Waals surface area contributed by atoms with Crippen LogP contribution in [0.15, 0.2) is 34.4 Å². The van der Waals surface area contributed by atoms with Gasteiger partial charge in [0.05, 0.1) is 23.1 Å². The van der Waals surface area contributed by atoms with Crippen molar-refractivity contribution < 1.29 is 19.3 Å². The maximum Gasteiger partial charge on any atom is 0.420 e. The van der Waals surface area contributed by atoms with E-state index in [1.165, 1.54) is 6.07 Å². The fraction of sp³-hybridized carbons (Fsp3) is 0.391. The predicted molar refractivity (Wildman–Crippen MR) is 116 cm³/mol. The Bertz CT molecular complexity index is 1380. The molecule has 0 radical (unpaired) electrons. The highest BCUT2D eigenvalue weighted by Crippen LogP contribution is 2.41. The molecule has 4 heterocycles. The number of ether oxygens (including phenoxy) is 1. The van der Waals surface area contributed by atoms with Crippen LogP contribution < -0.4 is 5.56 Å². The smallest absolute Gasteiger partial charge is 0.373 e. The zero-order valence-corrected chi connectivity index (χ0v) is 18.0. The first kappa shape index (κ1) is 21.5. The molecular weight excluding hydrogens is 435 g/mol. The van der Waals surface area contributed by atoms with E-state index in [1.807, 2.05) is 6.92 Å². The zero-order chi connectivity index (χ0) is 23.3. The lowest BCUT2D eigenvalue weighted by molar-refractivity contribution is -0.0934. The molecule has 3 aromatic rings. The van der Waals surface area contributed by atoms with Gasteiger partial charge in [-0.25, -0.2) is 19.9 Å². The van der Waals surface area contributed by atoms with Crippen molar-refractivity contribution in [2.24, 2.45) is 0 Å². The Labute approximate surface area is 188 Å². The van der Waals surface area contributed by atoms with Crippen molar-refractivity contribution >= 4 is 16.7 Å². The van der Waals surface area contributed by atoms with Crippen molar-refractivity contribution in [2.45, 2.75) is 51.3 Å². The Balaban J connectivity index is 0.00000274. The third-order valence-electron chi connectivity index (χ3n) is 6.07. The van der Waals surface area contributed by atoms with Crippen LogP contribution in [0, 0.1) is 13.8 Å². The molecule has 10 heteroatoms. The third-order valence-corrected chi connectivity index (χ3v) is 6.07. The van der Waals surface area contributed by atoms with Crippen LogP contribution in [-0.4, -0.2) is 37.7 Å². The van der Waals surface area contributed by atoms with Crippen LogP contribution in [0.2, 0.25) is 0 Å². The number of rotatable bonds is 3. The fourth-order valence-electron chi connectivity index (χ4n) is 4.06. The minimum absolute atomic E-state index is 0. The van der Waals surface area contributed by atoms with Gasteiger partial charge in [0.1, 0.15) is 17.0 Å². The molecule has 172 valence electrons. The Morgan fingerprint density at radius 2 is 1.91 bits per heavy atom. The molecule has 5 rings (SSSR count). The van der Waals surface area contributed by atoms with Crippen molar-refractivity contribution in [3.63, 3.8) is 0 Å². The normalized spacial score (nSPS) is 20.9. The first-order valence-corrected chi connectivity index (χ1v) is 10.6. The molecular formula is C23H22F3N5O2. The van der Waals surface area contributed by atoms with Gasteiger partial charge >= 0.3 is 6.18 Å². The maximum atomic E-state index is 13.0. The molecule has 1 saturated heterocycles. The van der Waals surface area contributed by atoms with Crippen LogP contribution in [-0.2, 0) is 4.74 Å². The lowest BCUT2D eigenvalue weighted by Gasteiger charge is -2.29. The standard InChI is InChI=1S/C23H20F3N5O2.H2/c1-11-12(2)29-22-20(28-11)19(15-7-16(8-15)23(24,25)26)30-21(31-22)13-5-6-33-17(9-13)14-3-4-18(32)27-10-14;/h3-4,10,13,17H,5-7,9H2,1-2H3,(H,27,32);1H/t13-,17+;/m0./s1. The first-order chi connectivity index (χ1) is 15.7. The van der Waals surface area contributed by atoms with Crippen molar-refractivity contribution in [3.05, 3.63) is 68.5 Å². The van der Waals surface area contributed by atoms with E-state index in [2.05, 4.69) is 30.7 Å². The van der Waals surface area contributed by atoms with E-state index in [0.29, 0.717) is 59.1 Å². The summed E-state index contributed by atoms with van der Waals surface area (Å²) in [6.45, 7) is 4.07. The predicted octanol–water partition coefficient (Wildman–Crippen LogP) is 4.48. The topological polar surface area (TPSA) is 93.7 Å². The second-order valence-corrected chi connectivity index (χ2v) is 8.32. The molecule has 0 saturated carbocycles. The Morgan fingerprint density at radius 1 is 1.15 bits per heavy atom. The number of pyridine rings is 1. The molecule has 33 heavy (non-hydrogen) atoms. The van der Waals surface area contributed by atoms with Crippen molar-refractivity contribution in [1.29, 1.82) is 0 Å². The van der Waals surface area contributed by atoms with Gasteiger partial charge in [-0.3, -0.25) is 4.79 Å². The molecule has 1 aliphatic heterocycles. The van der Waals surface area contributed by atoms with Gasteiger partial charge in [0.15, 0.2) is 5.65 Å². The van der Waals surface area contributed by atoms with Gasteiger partial charge < -0.3 is 9.72 Å². The molecule has 7 nitrogen and oxygen atoms in total.